The maximum absolute atomic E-state index is 12.8. The first kappa shape index (κ1) is 23.3. The van der Waals surface area contributed by atoms with Crippen molar-refractivity contribution in [2.24, 2.45) is 0 Å². The molecule has 1 aliphatic rings. The Balaban J connectivity index is 1.42. The molecule has 2 heterocycles. The molecular weight excluding hydrogens is 451 g/mol. The molecular formula is C25H24F3NO3S. The molecule has 0 unspecified atom stereocenters. The van der Waals surface area contributed by atoms with Gasteiger partial charge in [0.1, 0.15) is 5.75 Å². The van der Waals surface area contributed by atoms with Crippen molar-refractivity contribution in [2.75, 3.05) is 19.7 Å². The second-order valence-electron chi connectivity index (χ2n) is 8.18. The second kappa shape index (κ2) is 9.57. The van der Waals surface area contributed by atoms with Gasteiger partial charge >= 0.3 is 12.1 Å². The smallest absolute Gasteiger partial charge is 0.416 e. The number of hydrogen-bond donors (Lipinski definition) is 1. The number of fused-ring (bicyclic) bond motifs is 1. The Morgan fingerprint density at radius 3 is 2.42 bits per heavy atom. The maximum Gasteiger partial charge on any atom is 0.416 e. The minimum Gasteiger partial charge on any atom is -0.482 e. The van der Waals surface area contributed by atoms with Gasteiger partial charge in [-0.05, 0) is 72.4 Å². The van der Waals surface area contributed by atoms with Gasteiger partial charge in [-0.15, -0.1) is 11.3 Å². The summed E-state index contributed by atoms with van der Waals surface area (Å²) < 4.78 is 43.8. The van der Waals surface area contributed by atoms with E-state index in [0.29, 0.717) is 5.75 Å². The first-order valence-electron chi connectivity index (χ1n) is 10.6. The Labute approximate surface area is 194 Å². The van der Waals surface area contributed by atoms with Gasteiger partial charge in [0.2, 0.25) is 0 Å². The molecule has 8 heteroatoms. The van der Waals surface area contributed by atoms with Gasteiger partial charge < -0.3 is 9.84 Å². The Kier molecular flexibility index (Phi) is 6.76. The fraction of sp³-hybridized carbons (Fsp3) is 0.320. The highest BCUT2D eigenvalue weighted by Crippen LogP contribution is 2.35. The average molecular weight is 476 g/mol. The molecule has 0 radical (unpaired) electrons. The zero-order chi connectivity index (χ0) is 23.6. The van der Waals surface area contributed by atoms with E-state index in [1.807, 2.05) is 31.2 Å². The van der Waals surface area contributed by atoms with Crippen LogP contribution in [0.25, 0.3) is 10.4 Å². The van der Waals surface area contributed by atoms with E-state index in [2.05, 4.69) is 4.90 Å². The van der Waals surface area contributed by atoms with Crippen LogP contribution in [-0.2, 0) is 30.4 Å². The summed E-state index contributed by atoms with van der Waals surface area (Å²) in [4.78, 5) is 15.3. The fourth-order valence-electron chi connectivity index (χ4n) is 3.99. The SMILES string of the molecule is Cc1cc(-c2ccc(C(F)(F)F)cc2)sc1CN1CCc2ccc(OCC(=O)O)cc2CC1. The van der Waals surface area contributed by atoms with E-state index in [9.17, 15) is 18.0 Å². The monoisotopic (exact) mass is 475 g/mol. The lowest BCUT2D eigenvalue weighted by molar-refractivity contribution is -0.139. The number of carboxylic acid groups (broad SMARTS) is 1. The summed E-state index contributed by atoms with van der Waals surface area (Å²) in [6.45, 7) is 4.23. The summed E-state index contributed by atoms with van der Waals surface area (Å²) in [5.74, 6) is -0.432. The number of aryl methyl sites for hydroxylation is 1. The van der Waals surface area contributed by atoms with Crippen LogP contribution in [0.15, 0.2) is 48.5 Å². The van der Waals surface area contributed by atoms with Crippen LogP contribution in [0.5, 0.6) is 5.75 Å². The molecule has 0 bridgehead atoms. The molecule has 0 atom stereocenters. The molecule has 1 aromatic heterocycles. The van der Waals surface area contributed by atoms with Gasteiger partial charge in [0.25, 0.3) is 0 Å². The largest absolute Gasteiger partial charge is 0.482 e. The number of thiophene rings is 1. The van der Waals surface area contributed by atoms with Gasteiger partial charge in [0.15, 0.2) is 6.61 Å². The first-order valence-corrected chi connectivity index (χ1v) is 11.5. The Bertz CT molecular complexity index is 1140. The van der Waals surface area contributed by atoms with Gasteiger partial charge in [-0.25, -0.2) is 4.79 Å². The number of carbonyl (C=O) groups is 1. The predicted octanol–water partition coefficient (Wildman–Crippen LogP) is 5.81. The second-order valence-corrected chi connectivity index (χ2v) is 9.32. The Hall–Kier alpha value is -2.84. The number of carboxylic acids is 1. The number of hydrogen-bond acceptors (Lipinski definition) is 4. The van der Waals surface area contributed by atoms with E-state index in [1.165, 1.54) is 28.1 Å². The van der Waals surface area contributed by atoms with E-state index in [4.69, 9.17) is 9.84 Å². The lowest BCUT2D eigenvalue weighted by Crippen LogP contribution is -2.25. The molecule has 3 aromatic rings. The summed E-state index contributed by atoms with van der Waals surface area (Å²) in [5, 5.41) is 8.80. The van der Waals surface area contributed by atoms with Crippen LogP contribution in [0.4, 0.5) is 13.2 Å². The maximum atomic E-state index is 12.8. The molecule has 0 fully saturated rings. The summed E-state index contributed by atoms with van der Waals surface area (Å²) in [7, 11) is 0. The molecule has 0 amide bonds. The average Bonchev–Trinajstić information content (AvgIpc) is 3.01. The third kappa shape index (κ3) is 5.75. The number of ether oxygens (including phenoxy) is 1. The van der Waals surface area contributed by atoms with Gasteiger partial charge in [-0.3, -0.25) is 4.90 Å². The lowest BCUT2D eigenvalue weighted by atomic mass is 10.0. The van der Waals surface area contributed by atoms with Crippen molar-refractivity contribution in [1.29, 1.82) is 0 Å². The molecule has 0 spiro atoms. The van der Waals surface area contributed by atoms with Crippen molar-refractivity contribution in [1.82, 2.24) is 4.90 Å². The van der Waals surface area contributed by atoms with Crippen LogP contribution in [-0.4, -0.2) is 35.7 Å². The molecule has 2 aromatic carbocycles. The number of rotatable bonds is 6. The molecule has 0 aliphatic carbocycles. The Morgan fingerprint density at radius 2 is 1.76 bits per heavy atom. The van der Waals surface area contributed by atoms with Crippen LogP contribution in [0.2, 0.25) is 0 Å². The third-order valence-corrected chi connectivity index (χ3v) is 7.09. The number of benzene rings is 2. The van der Waals surface area contributed by atoms with E-state index >= 15 is 0 Å². The van der Waals surface area contributed by atoms with Crippen molar-refractivity contribution >= 4 is 17.3 Å². The zero-order valence-electron chi connectivity index (χ0n) is 18.1. The van der Waals surface area contributed by atoms with Gasteiger partial charge in [-0.1, -0.05) is 18.2 Å². The van der Waals surface area contributed by atoms with E-state index in [-0.39, 0.29) is 6.61 Å². The van der Waals surface area contributed by atoms with Crippen molar-refractivity contribution < 1.29 is 27.8 Å². The summed E-state index contributed by atoms with van der Waals surface area (Å²) in [5.41, 5.74) is 3.71. The van der Waals surface area contributed by atoms with E-state index < -0.39 is 17.7 Å². The van der Waals surface area contributed by atoms with Crippen molar-refractivity contribution in [3.63, 3.8) is 0 Å². The molecule has 4 rings (SSSR count). The highest BCUT2D eigenvalue weighted by molar-refractivity contribution is 7.15. The normalized spacial score (nSPS) is 14.5. The standard InChI is InChI=1S/C25H24F3NO3S/c1-16-12-22(18-2-5-20(6-3-18)25(26,27)28)33-23(16)14-29-10-8-17-4-7-21(32-15-24(30)31)13-19(17)9-11-29/h2-7,12-13H,8-11,14-15H2,1H3,(H,30,31). The van der Waals surface area contributed by atoms with Gasteiger partial charge in [-0.2, -0.15) is 13.2 Å². The van der Waals surface area contributed by atoms with Crippen molar-refractivity contribution in [3.05, 3.63) is 75.7 Å². The number of alkyl halides is 3. The quantitative estimate of drug-likeness (QED) is 0.489. The van der Waals surface area contributed by atoms with Crippen LogP contribution < -0.4 is 4.74 Å². The summed E-state index contributed by atoms with van der Waals surface area (Å²) >= 11 is 1.62. The van der Waals surface area contributed by atoms with E-state index in [1.54, 1.807) is 11.3 Å². The van der Waals surface area contributed by atoms with Crippen LogP contribution >= 0.6 is 11.3 Å². The van der Waals surface area contributed by atoms with Crippen LogP contribution in [0, 0.1) is 6.92 Å². The number of nitrogens with zero attached hydrogens (tertiary/aromatic N) is 1. The fourth-order valence-corrected chi connectivity index (χ4v) is 5.21. The summed E-state index contributed by atoms with van der Waals surface area (Å²) in [6.07, 6.45) is -2.59. The third-order valence-electron chi connectivity index (χ3n) is 5.82. The zero-order valence-corrected chi connectivity index (χ0v) is 18.9. The van der Waals surface area contributed by atoms with Crippen molar-refractivity contribution in [2.45, 2.75) is 32.5 Å². The molecule has 4 nitrogen and oxygen atoms in total. The molecule has 1 aliphatic heterocycles. The first-order chi connectivity index (χ1) is 15.7. The highest BCUT2D eigenvalue weighted by atomic mass is 32.1. The Morgan fingerprint density at radius 1 is 1.06 bits per heavy atom. The van der Waals surface area contributed by atoms with Crippen LogP contribution in [0.3, 0.4) is 0 Å². The minimum absolute atomic E-state index is 0.357. The van der Waals surface area contributed by atoms with Crippen molar-refractivity contribution in [3.8, 4) is 16.2 Å². The number of aliphatic carboxylic acids is 1. The summed E-state index contributed by atoms with van der Waals surface area (Å²) in [6, 6.07) is 13.1. The van der Waals surface area contributed by atoms with E-state index in [0.717, 1.165) is 60.6 Å². The van der Waals surface area contributed by atoms with Gasteiger partial charge in [0, 0.05) is 29.4 Å². The lowest BCUT2D eigenvalue weighted by Gasteiger charge is -2.19. The topological polar surface area (TPSA) is 49.8 Å². The molecule has 1 N–H and O–H groups in total. The van der Waals surface area contributed by atoms with Crippen LogP contribution in [0.1, 0.15) is 27.1 Å². The molecule has 33 heavy (non-hydrogen) atoms. The predicted molar refractivity (Wildman–Crippen MR) is 122 cm³/mol. The molecule has 0 saturated carbocycles. The highest BCUT2D eigenvalue weighted by Gasteiger charge is 2.30. The van der Waals surface area contributed by atoms with Gasteiger partial charge in [0.05, 0.1) is 5.56 Å². The minimum atomic E-state index is -4.33. The number of halogens is 3. The molecule has 0 saturated heterocycles. The molecule has 174 valence electrons.